The summed E-state index contributed by atoms with van der Waals surface area (Å²) >= 11 is 12.4. The van der Waals surface area contributed by atoms with Crippen LogP contribution in [0.2, 0.25) is 10.0 Å². The lowest BCUT2D eigenvalue weighted by atomic mass is 9.83. The first-order valence-corrected chi connectivity index (χ1v) is 8.41. The Morgan fingerprint density at radius 1 is 1.05 bits per heavy atom. The molecule has 20 heavy (non-hydrogen) atoms. The van der Waals surface area contributed by atoms with Crippen molar-refractivity contribution in [2.24, 2.45) is 5.92 Å². The summed E-state index contributed by atoms with van der Waals surface area (Å²) < 4.78 is 0. The third-order valence-electron chi connectivity index (χ3n) is 4.72. The maximum atomic E-state index is 6.30. The minimum absolute atomic E-state index is 0.650. The van der Waals surface area contributed by atoms with E-state index in [0.717, 1.165) is 37.8 Å². The van der Waals surface area contributed by atoms with Crippen LogP contribution in [0, 0.1) is 5.92 Å². The van der Waals surface area contributed by atoms with Gasteiger partial charge in [0, 0.05) is 26.2 Å². The van der Waals surface area contributed by atoms with Gasteiger partial charge in [0.2, 0.25) is 0 Å². The standard InChI is InChI=1S/C16H22Cl2N2/c17-14-5-2-6-15(16(14)18)20-11-9-19(10-12-20)8-7-13-3-1-4-13/h2,5-6,13H,1,3-4,7-12H2. The molecule has 0 N–H and O–H groups in total. The molecule has 1 heterocycles. The van der Waals surface area contributed by atoms with E-state index in [-0.39, 0.29) is 0 Å². The van der Waals surface area contributed by atoms with Crippen molar-refractivity contribution in [2.45, 2.75) is 25.7 Å². The number of rotatable bonds is 4. The average molecular weight is 313 g/mol. The van der Waals surface area contributed by atoms with Crippen molar-refractivity contribution in [1.29, 1.82) is 0 Å². The van der Waals surface area contributed by atoms with E-state index < -0.39 is 0 Å². The van der Waals surface area contributed by atoms with Gasteiger partial charge >= 0.3 is 0 Å². The van der Waals surface area contributed by atoms with E-state index in [1.54, 1.807) is 0 Å². The highest BCUT2D eigenvalue weighted by atomic mass is 35.5. The molecule has 4 heteroatoms. The lowest BCUT2D eigenvalue weighted by Gasteiger charge is -2.37. The van der Waals surface area contributed by atoms with Crippen LogP contribution in [0.25, 0.3) is 0 Å². The van der Waals surface area contributed by atoms with Crippen LogP contribution < -0.4 is 4.90 Å². The summed E-state index contributed by atoms with van der Waals surface area (Å²) in [4.78, 5) is 4.95. The highest BCUT2D eigenvalue weighted by Gasteiger charge is 2.22. The molecule has 0 amide bonds. The molecule has 0 unspecified atom stereocenters. The zero-order chi connectivity index (χ0) is 13.9. The third kappa shape index (κ3) is 3.24. The molecular formula is C16H22Cl2N2. The lowest BCUT2D eigenvalue weighted by Crippen LogP contribution is -2.47. The maximum absolute atomic E-state index is 6.30. The average Bonchev–Trinajstić information content (AvgIpc) is 2.41. The van der Waals surface area contributed by atoms with E-state index in [1.165, 1.54) is 32.2 Å². The molecule has 0 bridgehead atoms. The molecule has 0 atom stereocenters. The minimum Gasteiger partial charge on any atom is -0.368 e. The Hall–Kier alpha value is -0.440. The SMILES string of the molecule is Clc1cccc(N2CCN(CCC3CCC3)CC2)c1Cl. The van der Waals surface area contributed by atoms with Gasteiger partial charge in [-0.1, -0.05) is 48.5 Å². The highest BCUT2D eigenvalue weighted by Crippen LogP contribution is 2.33. The fourth-order valence-electron chi connectivity index (χ4n) is 3.10. The zero-order valence-corrected chi connectivity index (χ0v) is 13.3. The number of nitrogens with zero attached hydrogens (tertiary/aromatic N) is 2. The van der Waals surface area contributed by atoms with Crippen LogP contribution >= 0.6 is 23.2 Å². The largest absolute Gasteiger partial charge is 0.368 e. The second-order valence-electron chi connectivity index (χ2n) is 5.99. The summed E-state index contributed by atoms with van der Waals surface area (Å²) in [6.45, 7) is 5.63. The first-order chi connectivity index (χ1) is 9.74. The topological polar surface area (TPSA) is 6.48 Å². The Bertz CT molecular complexity index is 452. The van der Waals surface area contributed by atoms with Crippen LogP contribution in [0.3, 0.4) is 0 Å². The Labute approximate surface area is 131 Å². The molecule has 2 aliphatic rings. The molecule has 1 aromatic carbocycles. The molecule has 0 spiro atoms. The van der Waals surface area contributed by atoms with Crippen molar-refractivity contribution in [2.75, 3.05) is 37.6 Å². The first-order valence-electron chi connectivity index (χ1n) is 7.65. The third-order valence-corrected chi connectivity index (χ3v) is 5.53. The molecule has 2 fully saturated rings. The van der Waals surface area contributed by atoms with Gasteiger partial charge in [0.15, 0.2) is 0 Å². The number of halogens is 2. The quantitative estimate of drug-likeness (QED) is 0.817. The van der Waals surface area contributed by atoms with Gasteiger partial charge in [-0.05, 0) is 31.0 Å². The predicted molar refractivity (Wildman–Crippen MR) is 87.1 cm³/mol. The molecule has 110 valence electrons. The second kappa shape index (κ2) is 6.55. The van der Waals surface area contributed by atoms with Gasteiger partial charge in [0.05, 0.1) is 15.7 Å². The van der Waals surface area contributed by atoms with Crippen molar-refractivity contribution >= 4 is 28.9 Å². The molecule has 1 aliphatic heterocycles. The fourth-order valence-corrected chi connectivity index (χ4v) is 3.51. The van der Waals surface area contributed by atoms with Gasteiger partial charge in [-0.3, -0.25) is 4.90 Å². The lowest BCUT2D eigenvalue weighted by molar-refractivity contribution is 0.205. The second-order valence-corrected chi connectivity index (χ2v) is 6.77. The van der Waals surface area contributed by atoms with E-state index in [4.69, 9.17) is 23.2 Å². The Kier molecular flexibility index (Phi) is 4.75. The summed E-state index contributed by atoms with van der Waals surface area (Å²) in [6.07, 6.45) is 5.75. The maximum Gasteiger partial charge on any atom is 0.0825 e. The minimum atomic E-state index is 0.650. The molecule has 1 aliphatic carbocycles. The van der Waals surface area contributed by atoms with Gasteiger partial charge in [-0.15, -0.1) is 0 Å². The van der Waals surface area contributed by atoms with Crippen LogP contribution in [0.5, 0.6) is 0 Å². The Balaban J connectivity index is 1.51. The molecule has 3 rings (SSSR count). The van der Waals surface area contributed by atoms with Gasteiger partial charge in [0.25, 0.3) is 0 Å². The number of hydrogen-bond acceptors (Lipinski definition) is 2. The summed E-state index contributed by atoms with van der Waals surface area (Å²) in [5, 5.41) is 1.34. The number of piperazine rings is 1. The van der Waals surface area contributed by atoms with Crippen molar-refractivity contribution in [3.8, 4) is 0 Å². The normalized spacial score (nSPS) is 21.0. The first kappa shape index (κ1) is 14.5. The van der Waals surface area contributed by atoms with Gasteiger partial charge in [-0.2, -0.15) is 0 Å². The van der Waals surface area contributed by atoms with E-state index >= 15 is 0 Å². The highest BCUT2D eigenvalue weighted by molar-refractivity contribution is 6.43. The number of benzene rings is 1. The van der Waals surface area contributed by atoms with Crippen LogP contribution in [0.4, 0.5) is 5.69 Å². The van der Waals surface area contributed by atoms with E-state index in [1.807, 2.05) is 12.1 Å². The van der Waals surface area contributed by atoms with E-state index in [9.17, 15) is 0 Å². The van der Waals surface area contributed by atoms with Gasteiger partial charge in [0.1, 0.15) is 0 Å². The Morgan fingerprint density at radius 2 is 1.80 bits per heavy atom. The van der Waals surface area contributed by atoms with Crippen LogP contribution in [-0.2, 0) is 0 Å². The van der Waals surface area contributed by atoms with Crippen LogP contribution in [0.15, 0.2) is 18.2 Å². The summed E-state index contributed by atoms with van der Waals surface area (Å²) in [7, 11) is 0. The zero-order valence-electron chi connectivity index (χ0n) is 11.8. The molecule has 1 saturated carbocycles. The van der Waals surface area contributed by atoms with Gasteiger partial charge < -0.3 is 4.90 Å². The number of anilines is 1. The van der Waals surface area contributed by atoms with Crippen molar-refractivity contribution in [3.05, 3.63) is 28.2 Å². The Morgan fingerprint density at radius 3 is 2.45 bits per heavy atom. The summed E-state index contributed by atoms with van der Waals surface area (Å²) in [6, 6.07) is 5.90. The van der Waals surface area contributed by atoms with Crippen molar-refractivity contribution in [1.82, 2.24) is 4.90 Å². The summed E-state index contributed by atoms with van der Waals surface area (Å²) in [5.74, 6) is 1.01. The van der Waals surface area contributed by atoms with Crippen molar-refractivity contribution in [3.63, 3.8) is 0 Å². The smallest absolute Gasteiger partial charge is 0.0825 e. The summed E-state index contributed by atoms with van der Waals surface area (Å²) in [5.41, 5.74) is 1.08. The van der Waals surface area contributed by atoms with E-state index in [0.29, 0.717) is 10.0 Å². The monoisotopic (exact) mass is 312 g/mol. The molecule has 1 aromatic rings. The molecular weight excluding hydrogens is 291 g/mol. The molecule has 1 saturated heterocycles. The molecule has 0 radical (unpaired) electrons. The molecule has 0 aromatic heterocycles. The van der Waals surface area contributed by atoms with Crippen LogP contribution in [0.1, 0.15) is 25.7 Å². The van der Waals surface area contributed by atoms with E-state index in [2.05, 4.69) is 15.9 Å². The van der Waals surface area contributed by atoms with Gasteiger partial charge in [-0.25, -0.2) is 0 Å². The van der Waals surface area contributed by atoms with Crippen LogP contribution in [-0.4, -0.2) is 37.6 Å². The fraction of sp³-hybridized carbons (Fsp3) is 0.625. The molecule has 2 nitrogen and oxygen atoms in total. The predicted octanol–water partition coefficient (Wildman–Crippen LogP) is 4.31. The number of hydrogen-bond donors (Lipinski definition) is 0. The van der Waals surface area contributed by atoms with Crippen molar-refractivity contribution < 1.29 is 0 Å².